The van der Waals surface area contributed by atoms with Gasteiger partial charge < -0.3 is 0 Å². The van der Waals surface area contributed by atoms with Gasteiger partial charge in [-0.2, -0.15) is 0 Å². The third-order valence-electron chi connectivity index (χ3n) is 6.41. The molecule has 0 aromatic heterocycles. The Kier molecular flexibility index (Phi) is 13.3. The average molecular weight is 707 g/mol. The number of hydrogen-bond acceptors (Lipinski definition) is 0. The topological polar surface area (TPSA) is 0 Å². The second kappa shape index (κ2) is 15.1. The fourth-order valence-corrected chi connectivity index (χ4v) is 11.5. The molecule has 0 nitrogen and oxygen atoms in total. The van der Waals surface area contributed by atoms with Gasteiger partial charge in [0.15, 0.2) is 0 Å². The van der Waals surface area contributed by atoms with Crippen molar-refractivity contribution in [2.45, 2.75) is 78.0 Å². The monoisotopic (exact) mass is 706 g/mol. The van der Waals surface area contributed by atoms with Gasteiger partial charge in [0, 0.05) is 0 Å². The van der Waals surface area contributed by atoms with E-state index in [1.54, 1.807) is 30.6 Å². The SMILES string of the molecule is CC(C)P(c1ccccc1B(c1ccccc1)c1ccccc1P(C(C)C)C(C)C)C(C)C.[Cl][Au]. The van der Waals surface area contributed by atoms with Gasteiger partial charge in [0.25, 0.3) is 0 Å². The third kappa shape index (κ3) is 7.80. The quantitative estimate of drug-likeness (QED) is 0.171. The van der Waals surface area contributed by atoms with Crippen LogP contribution in [-0.4, -0.2) is 29.3 Å². The van der Waals surface area contributed by atoms with Crippen molar-refractivity contribution in [1.29, 1.82) is 0 Å². The minimum atomic E-state index is -0.252. The zero-order valence-electron chi connectivity index (χ0n) is 22.5. The number of rotatable bonds is 9. The third-order valence-corrected chi connectivity index (χ3v) is 12.8. The van der Waals surface area contributed by atoms with Crippen LogP contribution in [0, 0.1) is 0 Å². The Morgan fingerprint density at radius 2 is 0.829 bits per heavy atom. The molecule has 0 amide bonds. The normalized spacial score (nSPS) is 11.6. The molecule has 0 aliphatic heterocycles. The maximum atomic E-state index is 4.58. The molecule has 0 radical (unpaired) electrons. The van der Waals surface area contributed by atoms with E-state index in [0.717, 1.165) is 0 Å². The van der Waals surface area contributed by atoms with E-state index in [1.807, 2.05) is 0 Å². The fourth-order valence-electron chi connectivity index (χ4n) is 5.41. The first kappa shape index (κ1) is 30.8. The first-order chi connectivity index (χ1) is 16.7. The van der Waals surface area contributed by atoms with Gasteiger partial charge >= 0.3 is 29.2 Å². The molecule has 0 aliphatic rings. The second-order valence-electron chi connectivity index (χ2n) is 10.2. The Morgan fingerprint density at radius 1 is 0.514 bits per heavy atom. The zero-order chi connectivity index (χ0) is 26.1. The van der Waals surface area contributed by atoms with Gasteiger partial charge in [-0.25, -0.2) is 0 Å². The van der Waals surface area contributed by atoms with E-state index in [9.17, 15) is 0 Å². The van der Waals surface area contributed by atoms with E-state index >= 15 is 0 Å². The summed E-state index contributed by atoms with van der Waals surface area (Å²) < 4.78 is 0. The Balaban J connectivity index is 0.00000210. The Morgan fingerprint density at radius 3 is 1.17 bits per heavy atom. The fraction of sp³-hybridized carbons (Fsp3) is 0.400. The van der Waals surface area contributed by atoms with Gasteiger partial charge in [0.2, 0.25) is 6.71 Å². The number of hydrogen-bond donors (Lipinski definition) is 0. The van der Waals surface area contributed by atoms with Crippen LogP contribution in [0.3, 0.4) is 0 Å². The summed E-state index contributed by atoms with van der Waals surface area (Å²) in [6.45, 7) is 19.5. The summed E-state index contributed by atoms with van der Waals surface area (Å²) in [6, 6.07) is 29.9. The van der Waals surface area contributed by atoms with Crippen molar-refractivity contribution in [3.05, 3.63) is 78.9 Å². The molecular weight excluding hydrogens is 666 g/mol. The first-order valence-corrected chi connectivity index (χ1v) is 18.3. The van der Waals surface area contributed by atoms with Crippen molar-refractivity contribution in [2.75, 3.05) is 0 Å². The first-order valence-electron chi connectivity index (χ1n) is 12.6. The zero-order valence-corrected chi connectivity index (χ0v) is 27.2. The van der Waals surface area contributed by atoms with Gasteiger partial charge in [-0.15, -0.1) is 0 Å². The molecule has 0 fully saturated rings. The van der Waals surface area contributed by atoms with Crippen LogP contribution < -0.4 is 27.0 Å². The van der Waals surface area contributed by atoms with Gasteiger partial charge in [-0.05, 0) is 33.2 Å². The van der Waals surface area contributed by atoms with Crippen molar-refractivity contribution in [2.24, 2.45) is 0 Å². The Labute approximate surface area is 234 Å². The van der Waals surface area contributed by atoms with E-state index in [4.69, 9.17) is 0 Å². The van der Waals surface area contributed by atoms with E-state index in [1.165, 1.54) is 16.4 Å². The molecule has 0 bridgehead atoms. The van der Waals surface area contributed by atoms with Crippen molar-refractivity contribution in [3.8, 4) is 0 Å². The average Bonchev–Trinajstić information content (AvgIpc) is 2.82. The van der Waals surface area contributed by atoms with E-state index in [2.05, 4.69) is 143 Å². The summed E-state index contributed by atoms with van der Waals surface area (Å²) in [5.41, 5.74) is 7.07. The Hall–Kier alpha value is -0.385. The standard InChI is InChI=1S/C30H41BP2.Au.ClH/c1-22(2)32(23(3)4)29-20-14-12-18-27(29)31(26-16-10-9-11-17-26)28-19-13-15-21-30(28)33(24(5)6)25(7)8;;/h9-25H,1-8H3;;1H/q;+1;/p-1. The molecule has 192 valence electrons. The van der Waals surface area contributed by atoms with Gasteiger partial charge in [0.05, 0.1) is 0 Å². The molecule has 3 rings (SSSR count). The summed E-state index contributed by atoms with van der Waals surface area (Å²) in [5, 5.41) is 3.17. The van der Waals surface area contributed by atoms with E-state index < -0.39 is 0 Å². The maximum absolute atomic E-state index is 4.58. The molecule has 0 heterocycles. The van der Waals surface area contributed by atoms with Crippen LogP contribution in [0.4, 0.5) is 0 Å². The second-order valence-corrected chi connectivity index (χ2v) is 16.9. The van der Waals surface area contributed by atoms with Crippen LogP contribution in [0.2, 0.25) is 0 Å². The van der Waals surface area contributed by atoms with Gasteiger partial charge in [-0.3, -0.25) is 0 Å². The van der Waals surface area contributed by atoms with Crippen LogP contribution in [-0.2, 0) is 20.0 Å². The molecular formula is C30H41AuBClP2. The summed E-state index contributed by atoms with van der Waals surface area (Å²) in [6.07, 6.45) is 0. The van der Waals surface area contributed by atoms with Crippen LogP contribution in [0.25, 0.3) is 0 Å². The van der Waals surface area contributed by atoms with Crippen LogP contribution in [0.1, 0.15) is 55.4 Å². The molecule has 0 saturated heterocycles. The van der Waals surface area contributed by atoms with Crippen molar-refractivity contribution in [3.63, 3.8) is 0 Å². The molecule has 3 aromatic carbocycles. The molecule has 35 heavy (non-hydrogen) atoms. The summed E-state index contributed by atoms with van der Waals surface area (Å²) in [4.78, 5) is 0. The van der Waals surface area contributed by atoms with Crippen molar-refractivity contribution >= 4 is 58.7 Å². The van der Waals surface area contributed by atoms with E-state index in [0.29, 0.717) is 22.6 Å². The molecule has 0 atom stereocenters. The molecule has 0 aliphatic carbocycles. The number of benzene rings is 3. The summed E-state index contributed by atoms with van der Waals surface area (Å²) in [5.74, 6) is 0. The molecule has 0 saturated carbocycles. The van der Waals surface area contributed by atoms with Crippen LogP contribution in [0.15, 0.2) is 78.9 Å². The molecule has 0 unspecified atom stereocenters. The van der Waals surface area contributed by atoms with E-state index in [-0.39, 0.29) is 22.6 Å². The summed E-state index contributed by atoms with van der Waals surface area (Å²) >= 11 is 1.75. The molecule has 5 heteroatoms. The van der Waals surface area contributed by atoms with Gasteiger partial charge in [-0.1, -0.05) is 166 Å². The molecule has 3 aromatic rings. The van der Waals surface area contributed by atoms with Crippen molar-refractivity contribution < 1.29 is 20.0 Å². The minimum absolute atomic E-state index is 0.252. The van der Waals surface area contributed by atoms with Crippen molar-refractivity contribution in [1.82, 2.24) is 0 Å². The molecule has 0 spiro atoms. The molecule has 0 N–H and O–H groups in total. The predicted molar refractivity (Wildman–Crippen MR) is 163 cm³/mol. The van der Waals surface area contributed by atoms with Crippen LogP contribution in [0.5, 0.6) is 0 Å². The summed E-state index contributed by atoms with van der Waals surface area (Å²) in [7, 11) is 4.08. The van der Waals surface area contributed by atoms with Gasteiger partial charge in [0.1, 0.15) is 0 Å². The Bertz CT molecular complexity index is 944. The number of halogens is 1. The van der Waals surface area contributed by atoms with Crippen LogP contribution >= 0.6 is 25.0 Å². The predicted octanol–water partition coefficient (Wildman–Crippen LogP) is 6.74.